The highest BCUT2D eigenvalue weighted by atomic mass is 32.1. The molecule has 1 heterocycles. The molecule has 1 aromatic heterocycles. The fourth-order valence-corrected chi connectivity index (χ4v) is 2.53. The Hall–Kier alpha value is -0.450. The topological polar surface area (TPSA) is 28.2 Å². The Labute approximate surface area is 103 Å². The van der Waals surface area contributed by atoms with Crippen LogP contribution in [-0.2, 0) is 0 Å². The van der Waals surface area contributed by atoms with Crippen LogP contribution >= 0.6 is 11.3 Å². The molecule has 1 rings (SSSR count). The Morgan fingerprint density at radius 1 is 1.50 bits per heavy atom. The molecule has 0 aliphatic heterocycles. The van der Waals surface area contributed by atoms with Crippen LogP contribution in [0.25, 0.3) is 0 Å². The summed E-state index contributed by atoms with van der Waals surface area (Å²) in [6.07, 6.45) is 0. The van der Waals surface area contributed by atoms with Gasteiger partial charge in [-0.05, 0) is 26.4 Å². The highest BCUT2D eigenvalue weighted by Gasteiger charge is 2.20. The van der Waals surface area contributed by atoms with Gasteiger partial charge in [0.05, 0.1) is 11.2 Å². The first-order chi connectivity index (χ1) is 7.41. The summed E-state index contributed by atoms with van der Waals surface area (Å²) in [5.74, 6) is 0. The monoisotopic (exact) mass is 241 g/mol. The van der Waals surface area contributed by atoms with E-state index in [9.17, 15) is 0 Å². The molecule has 0 saturated heterocycles. The molecule has 0 aromatic carbocycles. The van der Waals surface area contributed by atoms with Crippen molar-refractivity contribution < 1.29 is 0 Å². The van der Waals surface area contributed by atoms with Gasteiger partial charge in [0.25, 0.3) is 0 Å². The molecule has 1 aromatic rings. The molecule has 92 valence electrons. The normalized spacial score (nSPS) is 14.4. The van der Waals surface area contributed by atoms with Gasteiger partial charge in [0, 0.05) is 24.5 Å². The van der Waals surface area contributed by atoms with Crippen LogP contribution in [0.5, 0.6) is 0 Å². The summed E-state index contributed by atoms with van der Waals surface area (Å²) in [7, 11) is 4.23. The van der Waals surface area contributed by atoms with Crippen LogP contribution in [0.3, 0.4) is 0 Å². The van der Waals surface area contributed by atoms with Crippen molar-refractivity contribution in [2.24, 2.45) is 5.41 Å². The van der Waals surface area contributed by atoms with Crippen LogP contribution in [0.4, 0.5) is 0 Å². The zero-order valence-corrected chi connectivity index (χ0v) is 11.8. The van der Waals surface area contributed by atoms with Crippen LogP contribution in [0.1, 0.15) is 32.5 Å². The summed E-state index contributed by atoms with van der Waals surface area (Å²) in [6.45, 7) is 8.83. The number of nitrogens with zero attached hydrogens (tertiary/aromatic N) is 2. The van der Waals surface area contributed by atoms with Crippen molar-refractivity contribution in [3.05, 3.63) is 16.6 Å². The summed E-state index contributed by atoms with van der Waals surface area (Å²) >= 11 is 1.65. The van der Waals surface area contributed by atoms with Gasteiger partial charge in [-0.25, -0.2) is 4.98 Å². The first-order valence-electron chi connectivity index (χ1n) is 5.67. The van der Waals surface area contributed by atoms with Crippen molar-refractivity contribution >= 4 is 11.3 Å². The van der Waals surface area contributed by atoms with Gasteiger partial charge in [0.15, 0.2) is 0 Å². The van der Waals surface area contributed by atoms with Crippen molar-refractivity contribution in [1.29, 1.82) is 0 Å². The number of thiazole rings is 1. The lowest BCUT2D eigenvalue weighted by Crippen LogP contribution is -2.38. The Kier molecular flexibility index (Phi) is 4.89. The lowest BCUT2D eigenvalue weighted by molar-refractivity contribution is 0.226. The van der Waals surface area contributed by atoms with Crippen LogP contribution in [0, 0.1) is 5.41 Å². The van der Waals surface area contributed by atoms with Gasteiger partial charge >= 0.3 is 0 Å². The maximum absolute atomic E-state index is 4.32. The Bertz CT molecular complexity index is 293. The average molecular weight is 241 g/mol. The Morgan fingerprint density at radius 2 is 2.19 bits per heavy atom. The maximum atomic E-state index is 4.32. The first-order valence-corrected chi connectivity index (χ1v) is 6.61. The van der Waals surface area contributed by atoms with E-state index < -0.39 is 0 Å². The summed E-state index contributed by atoms with van der Waals surface area (Å²) in [6, 6.07) is 0.340. The molecule has 3 nitrogen and oxygen atoms in total. The van der Waals surface area contributed by atoms with E-state index >= 15 is 0 Å². The molecule has 0 aliphatic carbocycles. The third kappa shape index (κ3) is 4.60. The van der Waals surface area contributed by atoms with Gasteiger partial charge in [-0.2, -0.15) is 0 Å². The van der Waals surface area contributed by atoms with Gasteiger partial charge in [-0.1, -0.05) is 13.8 Å². The highest BCUT2D eigenvalue weighted by Crippen LogP contribution is 2.18. The molecule has 4 heteroatoms. The second-order valence-corrected chi connectivity index (χ2v) is 6.14. The van der Waals surface area contributed by atoms with E-state index in [0.717, 1.165) is 18.8 Å². The smallest absolute Gasteiger partial charge is 0.0795 e. The zero-order valence-electron chi connectivity index (χ0n) is 10.9. The molecule has 0 amide bonds. The fraction of sp³-hybridized carbons (Fsp3) is 0.750. The molecule has 16 heavy (non-hydrogen) atoms. The third-order valence-corrected chi connectivity index (χ3v) is 3.13. The van der Waals surface area contributed by atoms with Crippen molar-refractivity contribution in [3.63, 3.8) is 0 Å². The molecule has 0 fully saturated rings. The molecular formula is C12H23N3S. The minimum absolute atomic E-state index is 0.285. The molecule has 0 spiro atoms. The molecule has 1 atom stereocenters. The molecule has 0 saturated carbocycles. The Balaban J connectivity index is 2.39. The number of hydrogen-bond donors (Lipinski definition) is 1. The first kappa shape index (κ1) is 13.6. The van der Waals surface area contributed by atoms with Gasteiger partial charge in [0.1, 0.15) is 0 Å². The number of hydrogen-bond acceptors (Lipinski definition) is 4. The van der Waals surface area contributed by atoms with E-state index in [-0.39, 0.29) is 5.41 Å². The largest absolute Gasteiger partial charge is 0.309 e. The van der Waals surface area contributed by atoms with E-state index in [4.69, 9.17) is 0 Å². The second kappa shape index (κ2) is 5.75. The summed E-state index contributed by atoms with van der Waals surface area (Å²) < 4.78 is 0. The van der Waals surface area contributed by atoms with Crippen LogP contribution < -0.4 is 5.32 Å². The van der Waals surface area contributed by atoms with Gasteiger partial charge in [-0.3, -0.25) is 0 Å². The van der Waals surface area contributed by atoms with Crippen LogP contribution in [-0.4, -0.2) is 37.1 Å². The van der Waals surface area contributed by atoms with Crippen molar-refractivity contribution in [1.82, 2.24) is 15.2 Å². The lowest BCUT2D eigenvalue weighted by Gasteiger charge is -2.29. The number of rotatable bonds is 6. The quantitative estimate of drug-likeness (QED) is 0.829. The van der Waals surface area contributed by atoms with E-state index in [0.29, 0.717) is 6.04 Å². The maximum Gasteiger partial charge on any atom is 0.0795 e. The zero-order chi connectivity index (χ0) is 12.2. The average Bonchev–Trinajstić information content (AvgIpc) is 2.64. The van der Waals surface area contributed by atoms with Crippen LogP contribution in [0.15, 0.2) is 10.9 Å². The van der Waals surface area contributed by atoms with Crippen LogP contribution in [0.2, 0.25) is 0 Å². The molecule has 1 unspecified atom stereocenters. The van der Waals surface area contributed by atoms with E-state index in [1.165, 1.54) is 0 Å². The fourth-order valence-electron chi connectivity index (χ4n) is 1.88. The number of aromatic nitrogens is 1. The lowest BCUT2D eigenvalue weighted by atomic mass is 9.92. The third-order valence-electron chi connectivity index (χ3n) is 2.53. The van der Waals surface area contributed by atoms with E-state index in [1.54, 1.807) is 11.3 Å². The van der Waals surface area contributed by atoms with Crippen molar-refractivity contribution in [2.45, 2.75) is 26.8 Å². The molecule has 0 radical (unpaired) electrons. The van der Waals surface area contributed by atoms with E-state index in [1.807, 2.05) is 5.51 Å². The van der Waals surface area contributed by atoms with Gasteiger partial charge < -0.3 is 10.2 Å². The molecule has 0 bridgehead atoms. The molecular weight excluding hydrogens is 218 g/mol. The predicted octanol–water partition coefficient (Wildman–Crippen LogP) is 2.38. The summed E-state index contributed by atoms with van der Waals surface area (Å²) in [5.41, 5.74) is 3.32. The molecule has 0 aliphatic rings. The van der Waals surface area contributed by atoms with Crippen molar-refractivity contribution in [3.8, 4) is 0 Å². The van der Waals surface area contributed by atoms with E-state index in [2.05, 4.69) is 55.4 Å². The Morgan fingerprint density at radius 3 is 2.69 bits per heavy atom. The van der Waals surface area contributed by atoms with Gasteiger partial charge in [-0.15, -0.1) is 11.3 Å². The second-order valence-electron chi connectivity index (χ2n) is 5.42. The predicted molar refractivity (Wildman–Crippen MR) is 70.9 cm³/mol. The summed E-state index contributed by atoms with van der Waals surface area (Å²) in [4.78, 5) is 6.55. The SMILES string of the molecule is CC(NCC(C)(C)CN(C)C)c1cscn1. The van der Waals surface area contributed by atoms with Crippen molar-refractivity contribution in [2.75, 3.05) is 27.2 Å². The minimum atomic E-state index is 0.285. The summed E-state index contributed by atoms with van der Waals surface area (Å²) in [5, 5.41) is 5.66. The van der Waals surface area contributed by atoms with Gasteiger partial charge in [0.2, 0.25) is 0 Å². The molecule has 1 N–H and O–H groups in total. The standard InChI is InChI=1S/C12H23N3S/c1-10(11-6-16-9-14-11)13-7-12(2,3)8-15(4)5/h6,9-10,13H,7-8H2,1-5H3. The highest BCUT2D eigenvalue weighted by molar-refractivity contribution is 7.07. The minimum Gasteiger partial charge on any atom is -0.309 e. The number of nitrogens with one attached hydrogen (secondary N) is 1.